The van der Waals surface area contributed by atoms with Crippen LogP contribution in [-0.2, 0) is 4.79 Å². The van der Waals surface area contributed by atoms with Gasteiger partial charge in [-0.3, -0.25) is 4.79 Å². The average Bonchev–Trinajstić information content (AvgIpc) is 2.53. The molecule has 0 radical (unpaired) electrons. The van der Waals surface area contributed by atoms with Gasteiger partial charge in [0.2, 0.25) is 5.91 Å². The van der Waals surface area contributed by atoms with E-state index in [2.05, 4.69) is 25.2 Å². The number of hydrogen-bond acceptors (Lipinski definition) is 1. The van der Waals surface area contributed by atoms with Gasteiger partial charge in [-0.2, -0.15) is 0 Å². The van der Waals surface area contributed by atoms with E-state index in [4.69, 9.17) is 0 Å². The summed E-state index contributed by atoms with van der Waals surface area (Å²) in [4.78, 5) is 13.0. The predicted octanol–water partition coefficient (Wildman–Crippen LogP) is 4.70. The zero-order chi connectivity index (χ0) is 16.5. The van der Waals surface area contributed by atoms with Crippen molar-refractivity contribution in [1.29, 1.82) is 0 Å². The molecule has 2 atom stereocenters. The third-order valence-corrected chi connectivity index (χ3v) is 8.80. The van der Waals surface area contributed by atoms with Crippen LogP contribution in [0.3, 0.4) is 0 Å². The van der Waals surface area contributed by atoms with Crippen molar-refractivity contribution in [3.05, 3.63) is 11.6 Å². The van der Waals surface area contributed by atoms with Gasteiger partial charge in [0.15, 0.2) is 0 Å². The highest BCUT2D eigenvalue weighted by Crippen LogP contribution is 2.61. The molecule has 2 heteroatoms. The normalized spacial score (nSPS) is 47.1. The summed E-state index contributed by atoms with van der Waals surface area (Å²) in [6.07, 6.45) is 14.0. The highest BCUT2D eigenvalue weighted by atomic mass is 16.2. The minimum Gasteiger partial charge on any atom is -0.355 e. The van der Waals surface area contributed by atoms with Crippen LogP contribution in [0.2, 0.25) is 0 Å². The molecule has 6 bridgehead atoms. The molecule has 2 nitrogen and oxygen atoms in total. The van der Waals surface area contributed by atoms with Crippen LogP contribution in [0.1, 0.15) is 71.6 Å². The number of carbonyl (C=O) groups excluding carboxylic acids is 1. The Morgan fingerprint density at radius 1 is 1.08 bits per heavy atom. The van der Waals surface area contributed by atoms with Crippen molar-refractivity contribution in [2.75, 3.05) is 6.54 Å². The van der Waals surface area contributed by atoms with Gasteiger partial charge in [0.1, 0.15) is 0 Å². The number of hydrogen-bond donors (Lipinski definition) is 1. The van der Waals surface area contributed by atoms with Gasteiger partial charge < -0.3 is 5.32 Å². The van der Waals surface area contributed by atoms with Crippen LogP contribution in [0.5, 0.6) is 0 Å². The summed E-state index contributed by atoms with van der Waals surface area (Å²) in [7, 11) is 0. The molecule has 5 saturated carbocycles. The summed E-state index contributed by atoms with van der Waals surface area (Å²) in [5, 5.41) is 3.37. The molecule has 0 aromatic carbocycles. The van der Waals surface area contributed by atoms with Gasteiger partial charge in [0.05, 0.1) is 0 Å². The van der Waals surface area contributed by atoms with Crippen LogP contribution in [-0.4, -0.2) is 12.5 Å². The lowest BCUT2D eigenvalue weighted by Gasteiger charge is -2.57. The molecule has 1 N–H and O–H groups in total. The summed E-state index contributed by atoms with van der Waals surface area (Å²) < 4.78 is 0. The number of allylic oxidation sites excluding steroid dienone is 1. The van der Waals surface area contributed by atoms with E-state index < -0.39 is 0 Å². The largest absolute Gasteiger partial charge is 0.355 e. The zero-order valence-electron chi connectivity index (χ0n) is 15.4. The number of rotatable bonds is 4. The van der Waals surface area contributed by atoms with Crippen molar-refractivity contribution in [3.8, 4) is 0 Å². The first kappa shape index (κ1) is 15.5. The van der Waals surface area contributed by atoms with Gasteiger partial charge in [-0.25, -0.2) is 0 Å². The minimum absolute atomic E-state index is 0.0243. The number of amides is 1. The second-order valence-electron chi connectivity index (χ2n) is 10.5. The first-order valence-corrected chi connectivity index (χ1v) is 10.4. The van der Waals surface area contributed by atoms with Gasteiger partial charge in [-0.05, 0) is 92.8 Å². The summed E-state index contributed by atoms with van der Waals surface area (Å²) in [5.74, 6) is 4.67. The van der Waals surface area contributed by atoms with E-state index in [1.807, 2.05) is 0 Å². The van der Waals surface area contributed by atoms with Crippen molar-refractivity contribution in [1.82, 2.24) is 5.32 Å². The molecule has 24 heavy (non-hydrogen) atoms. The minimum atomic E-state index is 0.0243. The molecule has 0 spiro atoms. The van der Waals surface area contributed by atoms with Gasteiger partial charge in [-0.15, -0.1) is 0 Å². The van der Waals surface area contributed by atoms with Crippen molar-refractivity contribution >= 4 is 5.91 Å². The van der Waals surface area contributed by atoms with Crippen LogP contribution in [0, 0.1) is 40.4 Å². The van der Waals surface area contributed by atoms with Gasteiger partial charge in [-0.1, -0.05) is 25.5 Å². The lowest BCUT2D eigenvalue weighted by Crippen LogP contribution is -2.54. The molecule has 132 valence electrons. The molecule has 7 aliphatic carbocycles. The third kappa shape index (κ3) is 2.17. The van der Waals surface area contributed by atoms with E-state index >= 15 is 0 Å². The Morgan fingerprint density at radius 3 is 2.25 bits per heavy atom. The van der Waals surface area contributed by atoms with Crippen molar-refractivity contribution in [2.24, 2.45) is 40.4 Å². The maximum atomic E-state index is 13.0. The smallest absolute Gasteiger partial charge is 0.226 e. The Labute approximate surface area is 146 Å². The number of carbonyl (C=O) groups is 1. The van der Waals surface area contributed by atoms with Crippen LogP contribution in [0.4, 0.5) is 0 Å². The Morgan fingerprint density at radius 2 is 1.71 bits per heavy atom. The summed E-state index contributed by atoms with van der Waals surface area (Å²) in [6.45, 7) is 5.74. The summed E-state index contributed by atoms with van der Waals surface area (Å²) in [5.41, 5.74) is 2.16. The Kier molecular flexibility index (Phi) is 3.29. The van der Waals surface area contributed by atoms with Crippen molar-refractivity contribution in [3.63, 3.8) is 0 Å². The van der Waals surface area contributed by atoms with Gasteiger partial charge >= 0.3 is 0 Å². The molecule has 7 aliphatic rings. The fourth-order valence-corrected chi connectivity index (χ4v) is 7.65. The lowest BCUT2D eigenvalue weighted by atomic mass is 9.48. The van der Waals surface area contributed by atoms with E-state index in [1.54, 1.807) is 5.57 Å². The maximum Gasteiger partial charge on any atom is 0.226 e. The molecule has 0 saturated heterocycles. The second-order valence-corrected chi connectivity index (χ2v) is 10.5. The molecule has 0 aliphatic heterocycles. The zero-order valence-corrected chi connectivity index (χ0v) is 15.4. The monoisotopic (exact) mass is 327 g/mol. The van der Waals surface area contributed by atoms with E-state index in [1.165, 1.54) is 51.4 Å². The molecule has 0 aromatic rings. The van der Waals surface area contributed by atoms with Crippen LogP contribution in [0.25, 0.3) is 0 Å². The molecule has 5 fully saturated rings. The van der Waals surface area contributed by atoms with Crippen LogP contribution >= 0.6 is 0 Å². The van der Waals surface area contributed by atoms with E-state index in [-0.39, 0.29) is 5.41 Å². The lowest BCUT2D eigenvalue weighted by molar-refractivity contribution is -0.146. The average molecular weight is 328 g/mol. The van der Waals surface area contributed by atoms with E-state index in [0.29, 0.717) is 11.3 Å². The highest BCUT2D eigenvalue weighted by Gasteiger charge is 2.54. The Bertz CT molecular complexity index is 551. The molecular formula is C22H33NO. The number of nitrogens with one attached hydrogen (secondary N) is 1. The highest BCUT2D eigenvalue weighted by molar-refractivity contribution is 5.83. The quantitative estimate of drug-likeness (QED) is 0.745. The topological polar surface area (TPSA) is 29.1 Å². The SMILES string of the molecule is CC1(C)[C@@H]2CC=C(CCNC(=O)C34CC5CC(CC(C5)C3)C4)[C@H]1C2. The maximum absolute atomic E-state index is 13.0. The molecular weight excluding hydrogens is 294 g/mol. The van der Waals surface area contributed by atoms with E-state index in [0.717, 1.165) is 42.6 Å². The fourth-order valence-electron chi connectivity index (χ4n) is 7.65. The van der Waals surface area contributed by atoms with Crippen LogP contribution < -0.4 is 5.32 Å². The molecule has 0 heterocycles. The Balaban J connectivity index is 1.19. The number of fused-ring (bicyclic) bond motifs is 1. The fraction of sp³-hybridized carbons (Fsp3) is 0.864. The van der Waals surface area contributed by atoms with Crippen LogP contribution in [0.15, 0.2) is 11.6 Å². The third-order valence-electron chi connectivity index (χ3n) is 8.80. The van der Waals surface area contributed by atoms with Crippen molar-refractivity contribution in [2.45, 2.75) is 71.6 Å². The van der Waals surface area contributed by atoms with E-state index in [9.17, 15) is 4.79 Å². The predicted molar refractivity (Wildman–Crippen MR) is 96.3 cm³/mol. The van der Waals surface area contributed by atoms with Gasteiger partial charge in [0, 0.05) is 12.0 Å². The molecule has 0 aromatic heterocycles. The molecule has 7 rings (SSSR count). The summed E-state index contributed by atoms with van der Waals surface area (Å²) >= 11 is 0. The Hall–Kier alpha value is -0.790. The molecule has 0 unspecified atom stereocenters. The first-order valence-electron chi connectivity index (χ1n) is 10.4. The van der Waals surface area contributed by atoms with Gasteiger partial charge in [0.25, 0.3) is 0 Å². The second kappa shape index (κ2) is 5.11. The first-order chi connectivity index (χ1) is 11.5. The standard InChI is InChI=1S/C22H33NO/c1-21(2)18-4-3-17(19(21)10-18)5-6-23-20(24)22-11-14-7-15(12-22)9-16(8-14)13-22/h3,14-16,18-19H,4-13H2,1-2H3,(H,23,24)/t14?,15?,16?,18-,19-,22?/m1/s1. The van der Waals surface area contributed by atoms with Crippen molar-refractivity contribution < 1.29 is 4.79 Å². The molecule has 1 amide bonds. The summed E-state index contributed by atoms with van der Waals surface area (Å²) in [6, 6.07) is 0.